The largest absolute Gasteiger partial charge is 0.367 e. The number of hydrogen-bond acceptors (Lipinski definition) is 5. The number of amides is 1. The zero-order chi connectivity index (χ0) is 21.1. The van der Waals surface area contributed by atoms with Gasteiger partial charge in [0.15, 0.2) is 0 Å². The van der Waals surface area contributed by atoms with E-state index in [1.807, 2.05) is 11.0 Å². The van der Waals surface area contributed by atoms with Crippen LogP contribution >= 0.6 is 11.3 Å². The predicted octanol–water partition coefficient (Wildman–Crippen LogP) is 3.65. The first kappa shape index (κ1) is 20.5. The van der Waals surface area contributed by atoms with Crippen molar-refractivity contribution in [2.75, 3.05) is 36.4 Å². The first-order valence-corrected chi connectivity index (χ1v) is 11.7. The van der Waals surface area contributed by atoms with Crippen molar-refractivity contribution in [3.63, 3.8) is 0 Å². The highest BCUT2D eigenvalue weighted by molar-refractivity contribution is 7.89. The third-order valence-electron chi connectivity index (χ3n) is 4.92. The van der Waals surface area contributed by atoms with E-state index in [2.05, 4.69) is 5.32 Å². The standard InChI is InChI=1S/C21H20FN3O3S2/c22-17-8-4-5-9-18(17)24-11-13-25(14-12-24)30(27,28)19-10-15-29-20(19)21(26)23-16-6-2-1-3-7-16/h1-10,15H,11-14H2,(H,23,26). The van der Waals surface area contributed by atoms with Gasteiger partial charge in [0, 0.05) is 31.9 Å². The van der Waals surface area contributed by atoms with Crippen LogP contribution in [0.2, 0.25) is 0 Å². The summed E-state index contributed by atoms with van der Waals surface area (Å²) in [4.78, 5) is 14.6. The SMILES string of the molecule is O=C(Nc1ccccc1)c1sccc1S(=O)(=O)N1CCN(c2ccccc2F)CC1. The molecule has 1 aliphatic heterocycles. The number of nitrogens with one attached hydrogen (secondary N) is 1. The maximum absolute atomic E-state index is 14.0. The summed E-state index contributed by atoms with van der Waals surface area (Å²) < 4.78 is 41.8. The Labute approximate surface area is 178 Å². The lowest BCUT2D eigenvalue weighted by molar-refractivity contribution is 0.102. The van der Waals surface area contributed by atoms with Gasteiger partial charge in [0.1, 0.15) is 15.6 Å². The van der Waals surface area contributed by atoms with Crippen LogP contribution in [0, 0.1) is 5.82 Å². The molecule has 2 aromatic carbocycles. The quantitative estimate of drug-likeness (QED) is 0.651. The van der Waals surface area contributed by atoms with Crippen LogP contribution in [-0.4, -0.2) is 44.8 Å². The van der Waals surface area contributed by atoms with E-state index in [9.17, 15) is 17.6 Å². The minimum atomic E-state index is -3.84. The van der Waals surface area contributed by atoms with Crippen LogP contribution in [-0.2, 0) is 10.0 Å². The van der Waals surface area contributed by atoms with Crippen LogP contribution < -0.4 is 10.2 Å². The van der Waals surface area contributed by atoms with Crippen LogP contribution in [0.15, 0.2) is 70.9 Å². The minimum absolute atomic E-state index is 0.000253. The van der Waals surface area contributed by atoms with E-state index < -0.39 is 15.9 Å². The lowest BCUT2D eigenvalue weighted by atomic mass is 10.2. The Morgan fingerprint density at radius 2 is 1.60 bits per heavy atom. The Morgan fingerprint density at radius 3 is 2.30 bits per heavy atom. The number of nitrogens with zero attached hydrogens (tertiary/aromatic N) is 2. The number of carbonyl (C=O) groups excluding carboxylic acids is 1. The molecule has 1 aliphatic rings. The maximum atomic E-state index is 14.0. The molecule has 0 spiro atoms. The zero-order valence-corrected chi connectivity index (χ0v) is 17.6. The number of carbonyl (C=O) groups is 1. The van der Waals surface area contributed by atoms with Crippen LogP contribution in [0.5, 0.6) is 0 Å². The predicted molar refractivity (Wildman–Crippen MR) is 116 cm³/mol. The summed E-state index contributed by atoms with van der Waals surface area (Å²) in [5.74, 6) is -0.786. The van der Waals surface area contributed by atoms with Crippen LogP contribution in [0.25, 0.3) is 0 Å². The molecule has 4 rings (SSSR count). The number of thiophene rings is 1. The van der Waals surface area contributed by atoms with Gasteiger partial charge in [0.25, 0.3) is 5.91 Å². The number of sulfonamides is 1. The molecule has 0 aliphatic carbocycles. The van der Waals surface area contributed by atoms with Crippen molar-refractivity contribution in [2.45, 2.75) is 4.90 Å². The van der Waals surface area contributed by atoms with Gasteiger partial charge in [-0.3, -0.25) is 4.79 Å². The van der Waals surface area contributed by atoms with Gasteiger partial charge in [-0.25, -0.2) is 12.8 Å². The Hall–Kier alpha value is -2.75. The van der Waals surface area contributed by atoms with Gasteiger partial charge >= 0.3 is 0 Å². The first-order valence-electron chi connectivity index (χ1n) is 9.40. The van der Waals surface area contributed by atoms with E-state index in [-0.39, 0.29) is 28.7 Å². The second-order valence-electron chi connectivity index (χ2n) is 6.78. The molecule has 0 saturated carbocycles. The highest BCUT2D eigenvalue weighted by Gasteiger charge is 2.33. The molecular weight excluding hydrogens is 425 g/mol. The van der Waals surface area contributed by atoms with Crippen molar-refractivity contribution in [1.29, 1.82) is 0 Å². The molecular formula is C21H20FN3O3S2. The highest BCUT2D eigenvalue weighted by atomic mass is 32.2. The molecule has 0 unspecified atom stereocenters. The first-order chi connectivity index (χ1) is 14.5. The molecule has 0 radical (unpaired) electrons. The average molecular weight is 446 g/mol. The smallest absolute Gasteiger partial charge is 0.267 e. The summed E-state index contributed by atoms with van der Waals surface area (Å²) >= 11 is 1.09. The van der Waals surface area contributed by atoms with Crippen LogP contribution in [0.3, 0.4) is 0 Å². The summed E-state index contributed by atoms with van der Waals surface area (Å²) in [5, 5.41) is 4.33. The second kappa shape index (κ2) is 8.55. The van der Waals surface area contributed by atoms with E-state index >= 15 is 0 Å². The maximum Gasteiger partial charge on any atom is 0.267 e. The van der Waals surface area contributed by atoms with Crippen molar-refractivity contribution >= 4 is 38.6 Å². The fourth-order valence-electron chi connectivity index (χ4n) is 3.39. The van der Waals surface area contributed by atoms with Crippen molar-refractivity contribution in [1.82, 2.24) is 4.31 Å². The molecule has 6 nitrogen and oxygen atoms in total. The molecule has 1 aromatic heterocycles. The zero-order valence-electron chi connectivity index (χ0n) is 16.0. The van der Waals surface area contributed by atoms with E-state index in [4.69, 9.17) is 0 Å². The monoisotopic (exact) mass is 445 g/mol. The van der Waals surface area contributed by atoms with Gasteiger partial charge in [0.05, 0.1) is 5.69 Å². The topological polar surface area (TPSA) is 69.7 Å². The Balaban J connectivity index is 1.49. The van der Waals surface area contributed by atoms with Gasteiger partial charge in [-0.1, -0.05) is 30.3 Å². The summed E-state index contributed by atoms with van der Waals surface area (Å²) in [7, 11) is -3.84. The number of anilines is 2. The second-order valence-corrected chi connectivity index (χ2v) is 9.60. The molecule has 30 heavy (non-hydrogen) atoms. The van der Waals surface area contributed by atoms with E-state index in [0.717, 1.165) is 11.3 Å². The molecule has 1 fully saturated rings. The van der Waals surface area contributed by atoms with E-state index in [1.54, 1.807) is 47.8 Å². The molecule has 1 amide bonds. The van der Waals surface area contributed by atoms with Crippen LogP contribution in [0.1, 0.15) is 9.67 Å². The van der Waals surface area contributed by atoms with Gasteiger partial charge in [-0.15, -0.1) is 11.3 Å². The number of halogens is 1. The van der Waals surface area contributed by atoms with E-state index in [1.165, 1.54) is 16.4 Å². The van der Waals surface area contributed by atoms with Crippen LogP contribution in [0.4, 0.5) is 15.8 Å². The highest BCUT2D eigenvalue weighted by Crippen LogP contribution is 2.28. The van der Waals surface area contributed by atoms with Gasteiger partial charge in [0.2, 0.25) is 10.0 Å². The fourth-order valence-corrected chi connectivity index (χ4v) is 6.11. The van der Waals surface area contributed by atoms with Crippen molar-refractivity contribution in [3.8, 4) is 0 Å². The van der Waals surface area contributed by atoms with Gasteiger partial charge in [-0.05, 0) is 35.7 Å². The fraction of sp³-hybridized carbons (Fsp3) is 0.190. The Bertz CT molecular complexity index is 1140. The summed E-state index contributed by atoms with van der Waals surface area (Å²) in [5.41, 5.74) is 1.06. The number of para-hydroxylation sites is 2. The normalized spacial score (nSPS) is 15.2. The molecule has 1 N–H and O–H groups in total. The molecule has 156 valence electrons. The third kappa shape index (κ3) is 4.09. The van der Waals surface area contributed by atoms with Crippen molar-refractivity contribution in [2.24, 2.45) is 0 Å². The number of benzene rings is 2. The molecule has 1 saturated heterocycles. The third-order valence-corrected chi connectivity index (χ3v) is 7.90. The van der Waals surface area contributed by atoms with Crippen molar-refractivity contribution < 1.29 is 17.6 Å². The molecule has 2 heterocycles. The summed E-state index contributed by atoms with van der Waals surface area (Å²) in [6, 6.07) is 16.8. The lowest BCUT2D eigenvalue weighted by Crippen LogP contribution is -2.49. The molecule has 0 atom stereocenters. The molecule has 9 heteroatoms. The van der Waals surface area contributed by atoms with Crippen molar-refractivity contribution in [3.05, 3.63) is 76.7 Å². The van der Waals surface area contributed by atoms with E-state index in [0.29, 0.717) is 24.5 Å². The molecule has 0 bridgehead atoms. The Morgan fingerprint density at radius 1 is 0.933 bits per heavy atom. The summed E-state index contributed by atoms with van der Waals surface area (Å²) in [6.45, 7) is 1.17. The average Bonchev–Trinajstić information content (AvgIpc) is 3.26. The number of hydrogen-bond donors (Lipinski definition) is 1. The summed E-state index contributed by atoms with van der Waals surface area (Å²) in [6.07, 6.45) is 0. The number of piperazine rings is 1. The lowest BCUT2D eigenvalue weighted by Gasteiger charge is -2.35. The minimum Gasteiger partial charge on any atom is -0.367 e. The number of rotatable bonds is 5. The molecule has 3 aromatic rings. The Kier molecular flexibility index (Phi) is 5.85. The van der Waals surface area contributed by atoms with Gasteiger partial charge in [-0.2, -0.15) is 4.31 Å². The van der Waals surface area contributed by atoms with Gasteiger partial charge < -0.3 is 10.2 Å².